The number of aryl methyl sites for hydroxylation is 1. The van der Waals surface area contributed by atoms with Crippen LogP contribution in [0.2, 0.25) is 0 Å². The zero-order chi connectivity index (χ0) is 17.5. The second-order valence-corrected chi connectivity index (χ2v) is 6.52. The van der Waals surface area contributed by atoms with Gasteiger partial charge in [0, 0.05) is 9.26 Å². The minimum absolute atomic E-state index is 0.0808. The third-order valence-corrected chi connectivity index (χ3v) is 4.10. The van der Waals surface area contributed by atoms with E-state index in [9.17, 15) is 4.79 Å². The second kappa shape index (κ2) is 8.73. The van der Waals surface area contributed by atoms with E-state index in [1.165, 1.54) is 0 Å². The quantitative estimate of drug-likeness (QED) is 0.518. The number of nitrogens with one attached hydrogen (secondary N) is 1. The van der Waals surface area contributed by atoms with Crippen molar-refractivity contribution in [2.45, 2.75) is 13.3 Å². The number of ether oxygens (including phenoxy) is 2. The monoisotopic (exact) mass is 437 g/mol. The SMILES string of the molecule is C=CCc1ccc(OCC(=O)Nc2ccc(I)cc2C)c(OC)c1. The summed E-state index contributed by atoms with van der Waals surface area (Å²) in [5.74, 6) is 0.934. The van der Waals surface area contributed by atoms with Crippen molar-refractivity contribution in [1.82, 2.24) is 0 Å². The molecular formula is C19H20INO3. The van der Waals surface area contributed by atoms with Crippen molar-refractivity contribution in [3.8, 4) is 11.5 Å². The smallest absolute Gasteiger partial charge is 0.262 e. The molecule has 0 aliphatic carbocycles. The highest BCUT2D eigenvalue weighted by atomic mass is 127. The Bertz CT molecular complexity index is 743. The number of allylic oxidation sites excluding steroid dienone is 1. The number of anilines is 1. The van der Waals surface area contributed by atoms with Gasteiger partial charge in [0.1, 0.15) is 0 Å². The van der Waals surface area contributed by atoms with Gasteiger partial charge >= 0.3 is 0 Å². The molecule has 2 aromatic carbocycles. The van der Waals surface area contributed by atoms with Gasteiger partial charge < -0.3 is 14.8 Å². The number of benzene rings is 2. The van der Waals surface area contributed by atoms with Gasteiger partial charge in [0.25, 0.3) is 5.91 Å². The zero-order valence-corrected chi connectivity index (χ0v) is 15.9. The Morgan fingerprint density at radius 2 is 2.04 bits per heavy atom. The molecule has 126 valence electrons. The average Bonchev–Trinajstić information content (AvgIpc) is 2.56. The Morgan fingerprint density at radius 3 is 2.71 bits per heavy atom. The van der Waals surface area contributed by atoms with Crippen molar-refractivity contribution >= 4 is 34.2 Å². The number of hydrogen-bond donors (Lipinski definition) is 1. The highest BCUT2D eigenvalue weighted by Crippen LogP contribution is 2.28. The van der Waals surface area contributed by atoms with Crippen molar-refractivity contribution < 1.29 is 14.3 Å². The standard InChI is InChI=1S/C19H20INO3/c1-4-5-14-6-9-17(18(11-14)23-3)24-12-19(22)21-16-8-7-15(20)10-13(16)2/h4,6-11H,1,5,12H2,2-3H3,(H,21,22). The van der Waals surface area contributed by atoms with Crippen LogP contribution in [0.4, 0.5) is 5.69 Å². The fraction of sp³-hybridized carbons (Fsp3) is 0.211. The lowest BCUT2D eigenvalue weighted by Crippen LogP contribution is -2.20. The summed E-state index contributed by atoms with van der Waals surface area (Å²) in [6, 6.07) is 11.5. The number of rotatable bonds is 7. The van der Waals surface area contributed by atoms with Gasteiger partial charge in [-0.25, -0.2) is 0 Å². The van der Waals surface area contributed by atoms with E-state index in [1.54, 1.807) is 13.2 Å². The Kier molecular flexibility index (Phi) is 6.66. The van der Waals surface area contributed by atoms with Gasteiger partial charge in [-0.1, -0.05) is 12.1 Å². The number of hydrogen-bond acceptors (Lipinski definition) is 3. The summed E-state index contributed by atoms with van der Waals surface area (Å²) < 4.78 is 12.0. The normalized spacial score (nSPS) is 10.1. The van der Waals surface area contributed by atoms with Crippen LogP contribution < -0.4 is 14.8 Å². The van der Waals surface area contributed by atoms with E-state index in [-0.39, 0.29) is 12.5 Å². The van der Waals surface area contributed by atoms with Crippen LogP contribution in [-0.2, 0) is 11.2 Å². The minimum atomic E-state index is -0.212. The van der Waals surface area contributed by atoms with Crippen molar-refractivity contribution in [2.75, 3.05) is 19.0 Å². The predicted octanol–water partition coefficient (Wildman–Crippen LogP) is 4.35. The molecule has 1 N–H and O–H groups in total. The van der Waals surface area contributed by atoms with E-state index in [1.807, 2.05) is 43.3 Å². The minimum Gasteiger partial charge on any atom is -0.493 e. The predicted molar refractivity (Wildman–Crippen MR) is 105 cm³/mol. The van der Waals surface area contributed by atoms with E-state index >= 15 is 0 Å². The molecule has 0 atom stereocenters. The summed E-state index contributed by atoms with van der Waals surface area (Å²) in [6.45, 7) is 5.60. The first-order valence-corrected chi connectivity index (χ1v) is 8.58. The Hall–Kier alpha value is -2.02. The van der Waals surface area contributed by atoms with Gasteiger partial charge in [0.15, 0.2) is 18.1 Å². The summed E-state index contributed by atoms with van der Waals surface area (Å²) in [5, 5.41) is 2.86. The number of methoxy groups -OCH3 is 1. The first-order chi connectivity index (χ1) is 11.5. The van der Waals surface area contributed by atoms with Crippen LogP contribution in [0, 0.1) is 10.5 Å². The van der Waals surface area contributed by atoms with Crippen LogP contribution in [0.5, 0.6) is 11.5 Å². The number of amides is 1. The third kappa shape index (κ3) is 4.99. The van der Waals surface area contributed by atoms with Crippen molar-refractivity contribution in [1.29, 1.82) is 0 Å². The van der Waals surface area contributed by atoms with Crippen LogP contribution >= 0.6 is 22.6 Å². The fourth-order valence-corrected chi connectivity index (χ4v) is 2.87. The van der Waals surface area contributed by atoms with Crippen LogP contribution in [0.25, 0.3) is 0 Å². The molecule has 5 heteroatoms. The molecule has 0 aliphatic heterocycles. The molecule has 0 bridgehead atoms. The Balaban J connectivity index is 1.99. The molecule has 1 amide bonds. The van der Waals surface area contributed by atoms with E-state index in [4.69, 9.17) is 9.47 Å². The van der Waals surface area contributed by atoms with E-state index in [0.29, 0.717) is 11.5 Å². The molecule has 0 unspecified atom stereocenters. The first kappa shape index (κ1) is 18.3. The van der Waals surface area contributed by atoms with Crippen LogP contribution in [-0.4, -0.2) is 19.6 Å². The van der Waals surface area contributed by atoms with Crippen molar-refractivity contribution in [3.05, 3.63) is 63.8 Å². The number of carbonyl (C=O) groups is 1. The maximum Gasteiger partial charge on any atom is 0.262 e. The first-order valence-electron chi connectivity index (χ1n) is 7.50. The van der Waals surface area contributed by atoms with Gasteiger partial charge in [0.2, 0.25) is 0 Å². The van der Waals surface area contributed by atoms with Gasteiger partial charge in [-0.3, -0.25) is 4.79 Å². The molecule has 2 aromatic rings. The molecule has 4 nitrogen and oxygen atoms in total. The Morgan fingerprint density at radius 1 is 1.25 bits per heavy atom. The maximum absolute atomic E-state index is 12.1. The van der Waals surface area contributed by atoms with Crippen molar-refractivity contribution in [2.24, 2.45) is 0 Å². The lowest BCUT2D eigenvalue weighted by Gasteiger charge is -2.13. The van der Waals surface area contributed by atoms with E-state index < -0.39 is 0 Å². The van der Waals surface area contributed by atoms with Crippen LogP contribution in [0.3, 0.4) is 0 Å². The van der Waals surface area contributed by atoms with E-state index in [2.05, 4.69) is 34.5 Å². The van der Waals surface area contributed by atoms with Gasteiger partial charge in [-0.05, 0) is 77.4 Å². The molecule has 0 saturated carbocycles. The molecule has 0 fully saturated rings. The van der Waals surface area contributed by atoms with Crippen LogP contribution in [0.1, 0.15) is 11.1 Å². The molecular weight excluding hydrogens is 417 g/mol. The molecule has 0 aromatic heterocycles. The zero-order valence-electron chi connectivity index (χ0n) is 13.8. The molecule has 0 radical (unpaired) electrons. The molecule has 2 rings (SSSR count). The number of carbonyl (C=O) groups excluding carboxylic acids is 1. The third-order valence-electron chi connectivity index (χ3n) is 3.43. The summed E-state index contributed by atoms with van der Waals surface area (Å²) >= 11 is 2.24. The lowest BCUT2D eigenvalue weighted by atomic mass is 10.1. The van der Waals surface area contributed by atoms with Gasteiger partial charge in [0.05, 0.1) is 7.11 Å². The maximum atomic E-state index is 12.1. The summed E-state index contributed by atoms with van der Waals surface area (Å²) in [7, 11) is 1.58. The second-order valence-electron chi connectivity index (χ2n) is 5.27. The largest absolute Gasteiger partial charge is 0.493 e. The molecule has 0 spiro atoms. The highest BCUT2D eigenvalue weighted by Gasteiger charge is 2.10. The number of halogens is 1. The summed E-state index contributed by atoms with van der Waals surface area (Å²) in [6.07, 6.45) is 2.58. The topological polar surface area (TPSA) is 47.6 Å². The summed E-state index contributed by atoms with van der Waals surface area (Å²) in [4.78, 5) is 12.1. The van der Waals surface area contributed by atoms with Crippen LogP contribution in [0.15, 0.2) is 49.1 Å². The average molecular weight is 437 g/mol. The van der Waals surface area contributed by atoms with Crippen molar-refractivity contribution in [3.63, 3.8) is 0 Å². The Labute approximate surface area is 156 Å². The van der Waals surface area contributed by atoms with Gasteiger partial charge in [-0.15, -0.1) is 6.58 Å². The van der Waals surface area contributed by atoms with E-state index in [0.717, 1.165) is 26.8 Å². The highest BCUT2D eigenvalue weighted by molar-refractivity contribution is 14.1. The molecule has 24 heavy (non-hydrogen) atoms. The van der Waals surface area contributed by atoms with Gasteiger partial charge in [-0.2, -0.15) is 0 Å². The molecule has 0 aliphatic rings. The summed E-state index contributed by atoms with van der Waals surface area (Å²) in [5.41, 5.74) is 2.88. The lowest BCUT2D eigenvalue weighted by molar-refractivity contribution is -0.118. The fourth-order valence-electron chi connectivity index (χ4n) is 2.22. The molecule has 0 heterocycles. The molecule has 0 saturated heterocycles.